The van der Waals surface area contributed by atoms with Crippen LogP contribution in [0.4, 0.5) is 0 Å². The number of hydrogen-bond acceptors (Lipinski definition) is 5. The highest BCUT2D eigenvalue weighted by Gasteiger charge is 2.33. The molecule has 3 rings (SSSR count). The lowest BCUT2D eigenvalue weighted by Crippen LogP contribution is -2.41. The highest BCUT2D eigenvalue weighted by molar-refractivity contribution is 7.89. The van der Waals surface area contributed by atoms with Gasteiger partial charge in [-0.05, 0) is 69.0 Å². The maximum absolute atomic E-state index is 12.9. The van der Waals surface area contributed by atoms with E-state index in [4.69, 9.17) is 4.74 Å². The fourth-order valence-electron chi connectivity index (χ4n) is 3.33. The van der Waals surface area contributed by atoms with E-state index < -0.39 is 10.0 Å². The molecule has 2 aromatic carbocycles. The Morgan fingerprint density at radius 1 is 1.00 bits per heavy atom. The summed E-state index contributed by atoms with van der Waals surface area (Å²) in [5, 5.41) is 0. The predicted octanol–water partition coefficient (Wildman–Crippen LogP) is 3.51. The molecule has 0 radical (unpaired) electrons. The number of carbonyl (C=O) groups is 2. The van der Waals surface area contributed by atoms with E-state index in [1.165, 1.54) is 23.4 Å². The van der Waals surface area contributed by atoms with Crippen LogP contribution in [0.2, 0.25) is 0 Å². The summed E-state index contributed by atoms with van der Waals surface area (Å²) in [6, 6.07) is 11.5. The minimum atomic E-state index is -3.71. The van der Waals surface area contributed by atoms with Crippen LogP contribution in [0.15, 0.2) is 47.4 Å². The molecule has 2 aromatic rings. The van der Waals surface area contributed by atoms with Crippen LogP contribution in [-0.4, -0.2) is 37.6 Å². The van der Waals surface area contributed by atoms with Gasteiger partial charge in [-0.15, -0.1) is 0 Å². The minimum absolute atomic E-state index is 0.0985. The number of nitrogens with zero attached hydrogens (tertiary/aromatic N) is 1. The molecule has 0 spiro atoms. The minimum Gasteiger partial charge on any atom is -0.426 e. The van der Waals surface area contributed by atoms with Gasteiger partial charge in [-0.3, -0.25) is 9.59 Å². The van der Waals surface area contributed by atoms with Gasteiger partial charge in [-0.1, -0.05) is 18.2 Å². The third-order valence-electron chi connectivity index (χ3n) is 5.36. The van der Waals surface area contributed by atoms with Crippen molar-refractivity contribution in [2.24, 2.45) is 5.92 Å². The monoisotopic (exact) mass is 415 g/mol. The fraction of sp³-hybridized carbons (Fsp3) is 0.364. The summed E-state index contributed by atoms with van der Waals surface area (Å²) in [6.45, 7) is 5.82. The number of ether oxygens (including phenoxy) is 1. The van der Waals surface area contributed by atoms with Crippen LogP contribution in [0.5, 0.6) is 5.75 Å². The number of Topliss-reactive ketones (excluding diaryl/α,β-unsaturated/α-hetero) is 1. The van der Waals surface area contributed by atoms with E-state index in [0.29, 0.717) is 24.2 Å². The molecule has 0 atom stereocenters. The van der Waals surface area contributed by atoms with Crippen LogP contribution >= 0.6 is 0 Å². The lowest BCUT2D eigenvalue weighted by molar-refractivity contribution is -0.140. The van der Waals surface area contributed by atoms with Crippen molar-refractivity contribution in [3.05, 3.63) is 59.2 Å². The van der Waals surface area contributed by atoms with Crippen LogP contribution in [0.3, 0.4) is 0 Å². The third kappa shape index (κ3) is 4.74. The first-order valence-corrected chi connectivity index (χ1v) is 11.0. The van der Waals surface area contributed by atoms with E-state index in [1.54, 1.807) is 18.2 Å². The van der Waals surface area contributed by atoms with Gasteiger partial charge in [0.15, 0.2) is 5.78 Å². The molecule has 0 unspecified atom stereocenters. The van der Waals surface area contributed by atoms with Crippen molar-refractivity contribution in [2.45, 2.75) is 38.5 Å². The van der Waals surface area contributed by atoms with Crippen LogP contribution in [0.1, 0.15) is 41.3 Å². The van der Waals surface area contributed by atoms with E-state index in [-0.39, 0.29) is 35.7 Å². The maximum Gasteiger partial charge on any atom is 0.314 e. The Morgan fingerprint density at radius 3 is 2.31 bits per heavy atom. The number of ketones is 1. The number of esters is 1. The summed E-state index contributed by atoms with van der Waals surface area (Å²) in [5.41, 5.74) is 2.53. The van der Waals surface area contributed by atoms with Gasteiger partial charge in [0.1, 0.15) is 5.75 Å². The van der Waals surface area contributed by atoms with E-state index in [0.717, 1.165) is 11.1 Å². The van der Waals surface area contributed by atoms with Gasteiger partial charge in [-0.25, -0.2) is 8.42 Å². The number of hydrogen-bond donors (Lipinski definition) is 0. The topological polar surface area (TPSA) is 80.8 Å². The molecule has 7 heteroatoms. The second kappa shape index (κ2) is 8.47. The molecule has 0 saturated carbocycles. The van der Waals surface area contributed by atoms with Crippen molar-refractivity contribution >= 4 is 21.8 Å². The van der Waals surface area contributed by atoms with Crippen molar-refractivity contribution in [1.29, 1.82) is 0 Å². The summed E-state index contributed by atoms with van der Waals surface area (Å²) < 4.78 is 32.7. The number of rotatable bonds is 5. The van der Waals surface area contributed by atoms with Gasteiger partial charge in [0.05, 0.1) is 10.8 Å². The largest absolute Gasteiger partial charge is 0.426 e. The van der Waals surface area contributed by atoms with E-state index in [1.807, 2.05) is 26.0 Å². The molecule has 1 fully saturated rings. The molecule has 0 bridgehead atoms. The number of benzene rings is 2. The number of carbonyl (C=O) groups excluding carboxylic acids is 2. The first kappa shape index (κ1) is 21.2. The summed E-state index contributed by atoms with van der Waals surface area (Å²) >= 11 is 0. The van der Waals surface area contributed by atoms with Gasteiger partial charge in [0.2, 0.25) is 10.0 Å². The summed E-state index contributed by atoms with van der Waals surface area (Å²) in [6.07, 6.45) is 0.796. The molecule has 0 aromatic heterocycles. The van der Waals surface area contributed by atoms with Crippen molar-refractivity contribution in [3.63, 3.8) is 0 Å². The lowest BCUT2D eigenvalue weighted by Gasteiger charge is -2.30. The maximum atomic E-state index is 12.9. The summed E-state index contributed by atoms with van der Waals surface area (Å²) in [7, 11) is -3.71. The Morgan fingerprint density at radius 2 is 1.69 bits per heavy atom. The van der Waals surface area contributed by atoms with E-state index >= 15 is 0 Å². The molecule has 0 amide bonds. The zero-order valence-electron chi connectivity index (χ0n) is 16.8. The molecular weight excluding hydrogens is 390 g/mol. The van der Waals surface area contributed by atoms with Gasteiger partial charge in [0.25, 0.3) is 0 Å². The van der Waals surface area contributed by atoms with Crippen LogP contribution in [0, 0.1) is 19.8 Å². The molecule has 1 aliphatic heterocycles. The fourth-order valence-corrected chi connectivity index (χ4v) is 4.85. The van der Waals surface area contributed by atoms with Crippen molar-refractivity contribution < 1.29 is 22.7 Å². The van der Waals surface area contributed by atoms with E-state index in [9.17, 15) is 18.0 Å². The average Bonchev–Trinajstić information content (AvgIpc) is 2.71. The summed E-state index contributed by atoms with van der Waals surface area (Å²) in [5.74, 6) is -0.348. The SMILES string of the molecule is CC(=O)c1cccc(S(=O)(=O)N2CCC(C(=O)Oc3ccc(C)c(C)c3)CC2)c1. The second-order valence-corrected chi connectivity index (χ2v) is 9.37. The highest BCUT2D eigenvalue weighted by atomic mass is 32.2. The Hall–Kier alpha value is -2.51. The molecular formula is C22H25NO5S. The molecule has 154 valence electrons. The quantitative estimate of drug-likeness (QED) is 0.424. The number of piperidine rings is 1. The Balaban J connectivity index is 1.65. The molecule has 1 heterocycles. The third-order valence-corrected chi connectivity index (χ3v) is 7.26. The second-order valence-electron chi connectivity index (χ2n) is 7.43. The van der Waals surface area contributed by atoms with Crippen LogP contribution in [-0.2, 0) is 14.8 Å². The molecule has 29 heavy (non-hydrogen) atoms. The van der Waals surface area contributed by atoms with E-state index in [2.05, 4.69) is 0 Å². The smallest absolute Gasteiger partial charge is 0.314 e. The Bertz CT molecular complexity index is 1040. The average molecular weight is 416 g/mol. The standard InChI is InChI=1S/C22H25NO5S/c1-15-7-8-20(13-16(15)2)28-22(25)18-9-11-23(12-10-18)29(26,27)21-6-4-5-19(14-21)17(3)24/h4-8,13-14,18H,9-12H2,1-3H3. The first-order chi connectivity index (χ1) is 13.7. The van der Waals surface area contributed by atoms with Gasteiger partial charge < -0.3 is 4.74 Å². The van der Waals surface area contributed by atoms with Gasteiger partial charge in [-0.2, -0.15) is 4.31 Å². The van der Waals surface area contributed by atoms with Crippen molar-refractivity contribution in [1.82, 2.24) is 4.31 Å². The Labute approximate surface area is 171 Å². The highest BCUT2D eigenvalue weighted by Crippen LogP contribution is 2.26. The number of aryl methyl sites for hydroxylation is 2. The zero-order chi connectivity index (χ0) is 21.2. The first-order valence-electron chi connectivity index (χ1n) is 9.58. The van der Waals surface area contributed by atoms with Crippen LogP contribution in [0.25, 0.3) is 0 Å². The molecule has 0 aliphatic carbocycles. The molecule has 1 aliphatic rings. The molecule has 0 N–H and O–H groups in total. The predicted molar refractivity (Wildman–Crippen MR) is 109 cm³/mol. The lowest BCUT2D eigenvalue weighted by atomic mass is 9.98. The molecule has 6 nitrogen and oxygen atoms in total. The zero-order valence-corrected chi connectivity index (χ0v) is 17.7. The van der Waals surface area contributed by atoms with Crippen molar-refractivity contribution in [3.8, 4) is 5.75 Å². The van der Waals surface area contributed by atoms with Crippen molar-refractivity contribution in [2.75, 3.05) is 13.1 Å². The molecule has 1 saturated heterocycles. The van der Waals surface area contributed by atoms with Gasteiger partial charge >= 0.3 is 5.97 Å². The number of sulfonamides is 1. The summed E-state index contributed by atoms with van der Waals surface area (Å²) in [4.78, 5) is 24.1. The van der Waals surface area contributed by atoms with Gasteiger partial charge in [0, 0.05) is 18.7 Å². The Kier molecular flexibility index (Phi) is 6.19. The van der Waals surface area contributed by atoms with Crippen LogP contribution < -0.4 is 4.74 Å². The normalized spacial score (nSPS) is 15.8.